The molecule has 2 aromatic rings. The molecule has 0 bridgehead atoms. The molecule has 0 unspecified atom stereocenters. The summed E-state index contributed by atoms with van der Waals surface area (Å²) in [5, 5.41) is 2.15. The van der Waals surface area contributed by atoms with Gasteiger partial charge >= 0.3 is 0 Å². The zero-order valence-corrected chi connectivity index (χ0v) is 12.1. The van der Waals surface area contributed by atoms with E-state index in [-0.39, 0.29) is 16.5 Å². The molecule has 2 rings (SSSR count). The molecule has 2 aromatic carbocycles. The van der Waals surface area contributed by atoms with E-state index in [4.69, 9.17) is 23.2 Å². The highest BCUT2D eigenvalue weighted by Gasteiger charge is 2.14. The number of amides is 1. The van der Waals surface area contributed by atoms with Crippen LogP contribution in [0.25, 0.3) is 0 Å². The Bertz CT molecular complexity index is 683. The van der Waals surface area contributed by atoms with Crippen molar-refractivity contribution in [2.45, 2.75) is 6.92 Å². The maximum atomic E-state index is 12.2. The van der Waals surface area contributed by atoms with E-state index in [2.05, 4.69) is 5.32 Å². The average Bonchev–Trinajstić information content (AvgIpc) is 2.41. The third-order valence-electron chi connectivity index (χ3n) is 2.85. The predicted octanol–water partition coefficient (Wildman–Crippen LogP) is 4.28. The van der Waals surface area contributed by atoms with Gasteiger partial charge in [-0.1, -0.05) is 35.9 Å². The standard InChI is InChI=1S/C15H11Cl2NO2/c1-9-5-2-3-6-10(9)15(20)18-12-8-4-7-11(13(12)16)14(17)19/h2-8H,1H3,(H,18,20). The summed E-state index contributed by atoms with van der Waals surface area (Å²) in [5.74, 6) is -0.288. The highest BCUT2D eigenvalue weighted by Crippen LogP contribution is 2.27. The molecule has 0 aliphatic carbocycles. The molecule has 0 radical (unpaired) electrons. The predicted molar refractivity (Wildman–Crippen MR) is 80.8 cm³/mol. The second-order valence-electron chi connectivity index (χ2n) is 4.21. The smallest absolute Gasteiger partial charge is 0.255 e. The second kappa shape index (κ2) is 6.07. The van der Waals surface area contributed by atoms with Crippen LogP contribution in [-0.2, 0) is 0 Å². The molecule has 1 amide bonds. The molecule has 0 heterocycles. The van der Waals surface area contributed by atoms with Crippen LogP contribution in [0.5, 0.6) is 0 Å². The number of nitrogens with one attached hydrogen (secondary N) is 1. The number of halogens is 2. The Morgan fingerprint density at radius 3 is 2.30 bits per heavy atom. The van der Waals surface area contributed by atoms with Crippen molar-refractivity contribution < 1.29 is 9.59 Å². The number of rotatable bonds is 3. The first-order valence-electron chi connectivity index (χ1n) is 5.86. The van der Waals surface area contributed by atoms with E-state index in [1.165, 1.54) is 6.07 Å². The van der Waals surface area contributed by atoms with Crippen molar-refractivity contribution in [1.82, 2.24) is 0 Å². The van der Waals surface area contributed by atoms with Crippen LogP contribution in [0.15, 0.2) is 42.5 Å². The van der Waals surface area contributed by atoms with Crippen molar-refractivity contribution in [3.63, 3.8) is 0 Å². The molecule has 20 heavy (non-hydrogen) atoms. The second-order valence-corrected chi connectivity index (χ2v) is 4.93. The molecule has 0 aliphatic heterocycles. The SMILES string of the molecule is Cc1ccccc1C(=O)Nc1cccc(C(=O)Cl)c1Cl. The monoisotopic (exact) mass is 307 g/mol. The molecule has 5 heteroatoms. The van der Waals surface area contributed by atoms with E-state index in [1.54, 1.807) is 24.3 Å². The van der Waals surface area contributed by atoms with Gasteiger partial charge in [-0.15, -0.1) is 0 Å². The summed E-state index contributed by atoms with van der Waals surface area (Å²) in [6.45, 7) is 1.84. The number of hydrogen-bond donors (Lipinski definition) is 1. The Hall–Kier alpha value is -1.84. The Morgan fingerprint density at radius 1 is 1.00 bits per heavy atom. The first kappa shape index (κ1) is 14.6. The van der Waals surface area contributed by atoms with Gasteiger partial charge in [0.05, 0.1) is 16.3 Å². The van der Waals surface area contributed by atoms with Gasteiger partial charge < -0.3 is 5.32 Å². The van der Waals surface area contributed by atoms with E-state index < -0.39 is 5.24 Å². The van der Waals surface area contributed by atoms with E-state index >= 15 is 0 Å². The Balaban J connectivity index is 2.32. The molecule has 0 aliphatic rings. The van der Waals surface area contributed by atoms with E-state index in [0.29, 0.717) is 11.3 Å². The first-order valence-corrected chi connectivity index (χ1v) is 6.61. The summed E-state index contributed by atoms with van der Waals surface area (Å²) in [5.41, 5.74) is 1.92. The normalized spacial score (nSPS) is 10.2. The summed E-state index contributed by atoms with van der Waals surface area (Å²) in [7, 11) is 0. The summed E-state index contributed by atoms with van der Waals surface area (Å²) in [6.07, 6.45) is 0. The fraction of sp³-hybridized carbons (Fsp3) is 0.0667. The average molecular weight is 308 g/mol. The van der Waals surface area contributed by atoms with Crippen LogP contribution < -0.4 is 5.32 Å². The van der Waals surface area contributed by atoms with Crippen LogP contribution in [0.4, 0.5) is 5.69 Å². The summed E-state index contributed by atoms with van der Waals surface area (Å²) in [6, 6.07) is 11.9. The highest BCUT2D eigenvalue weighted by atomic mass is 35.5. The summed E-state index contributed by atoms with van der Waals surface area (Å²) < 4.78 is 0. The molecule has 0 aromatic heterocycles. The lowest BCUT2D eigenvalue weighted by molar-refractivity contribution is 0.102. The lowest BCUT2D eigenvalue weighted by Crippen LogP contribution is -2.14. The highest BCUT2D eigenvalue weighted by molar-refractivity contribution is 6.69. The maximum absolute atomic E-state index is 12.2. The van der Waals surface area contributed by atoms with E-state index in [9.17, 15) is 9.59 Å². The van der Waals surface area contributed by atoms with Crippen molar-refractivity contribution in [3.05, 3.63) is 64.2 Å². The minimum atomic E-state index is -0.665. The number of benzene rings is 2. The van der Waals surface area contributed by atoms with E-state index in [1.807, 2.05) is 19.1 Å². The quantitative estimate of drug-likeness (QED) is 0.860. The van der Waals surface area contributed by atoms with Crippen LogP contribution in [0.3, 0.4) is 0 Å². The summed E-state index contributed by atoms with van der Waals surface area (Å²) in [4.78, 5) is 23.4. The van der Waals surface area contributed by atoms with Gasteiger partial charge in [0.15, 0.2) is 0 Å². The number of carbonyl (C=O) groups is 2. The minimum absolute atomic E-state index is 0.134. The maximum Gasteiger partial charge on any atom is 0.255 e. The van der Waals surface area contributed by atoms with Crippen LogP contribution in [0, 0.1) is 6.92 Å². The zero-order valence-electron chi connectivity index (χ0n) is 10.6. The molecule has 3 nitrogen and oxygen atoms in total. The van der Waals surface area contributed by atoms with Gasteiger partial charge in [0.2, 0.25) is 0 Å². The van der Waals surface area contributed by atoms with Gasteiger partial charge in [-0.3, -0.25) is 9.59 Å². The van der Waals surface area contributed by atoms with Gasteiger partial charge in [-0.05, 0) is 42.3 Å². The topological polar surface area (TPSA) is 46.2 Å². The number of hydrogen-bond acceptors (Lipinski definition) is 2. The molecule has 0 atom stereocenters. The van der Waals surface area contributed by atoms with Crippen molar-refractivity contribution in [3.8, 4) is 0 Å². The number of aryl methyl sites for hydroxylation is 1. The van der Waals surface area contributed by atoms with Crippen LogP contribution in [-0.4, -0.2) is 11.1 Å². The molecule has 1 N–H and O–H groups in total. The molecule has 0 fully saturated rings. The number of carbonyl (C=O) groups excluding carboxylic acids is 2. The van der Waals surface area contributed by atoms with Crippen molar-refractivity contribution in [1.29, 1.82) is 0 Å². The van der Waals surface area contributed by atoms with Crippen molar-refractivity contribution in [2.75, 3.05) is 5.32 Å². The van der Waals surface area contributed by atoms with Crippen LogP contribution >= 0.6 is 23.2 Å². The molecule has 102 valence electrons. The number of anilines is 1. The minimum Gasteiger partial charge on any atom is -0.321 e. The van der Waals surface area contributed by atoms with E-state index in [0.717, 1.165) is 5.56 Å². The van der Waals surface area contributed by atoms with Crippen LogP contribution in [0.1, 0.15) is 26.3 Å². The Labute approximate surface area is 126 Å². The first-order chi connectivity index (χ1) is 9.50. The van der Waals surface area contributed by atoms with Crippen LogP contribution in [0.2, 0.25) is 5.02 Å². The largest absolute Gasteiger partial charge is 0.321 e. The Kier molecular flexibility index (Phi) is 4.42. The molecule has 0 saturated heterocycles. The third-order valence-corrected chi connectivity index (χ3v) is 3.46. The molecular formula is C15H11Cl2NO2. The Morgan fingerprint density at radius 2 is 1.65 bits per heavy atom. The van der Waals surface area contributed by atoms with Gasteiger partial charge in [0.1, 0.15) is 0 Å². The zero-order chi connectivity index (χ0) is 14.7. The molecular weight excluding hydrogens is 297 g/mol. The fourth-order valence-corrected chi connectivity index (χ4v) is 2.26. The summed E-state index contributed by atoms with van der Waals surface area (Å²) >= 11 is 11.5. The van der Waals surface area contributed by atoms with Gasteiger partial charge in [0.25, 0.3) is 11.1 Å². The van der Waals surface area contributed by atoms with Gasteiger partial charge in [0, 0.05) is 5.56 Å². The molecule has 0 saturated carbocycles. The fourth-order valence-electron chi connectivity index (χ4n) is 1.80. The lowest BCUT2D eigenvalue weighted by Gasteiger charge is -2.10. The van der Waals surface area contributed by atoms with Crippen molar-refractivity contribution >= 4 is 40.0 Å². The van der Waals surface area contributed by atoms with Crippen molar-refractivity contribution in [2.24, 2.45) is 0 Å². The molecule has 0 spiro atoms. The van der Waals surface area contributed by atoms with Gasteiger partial charge in [-0.2, -0.15) is 0 Å². The van der Waals surface area contributed by atoms with Gasteiger partial charge in [-0.25, -0.2) is 0 Å². The lowest BCUT2D eigenvalue weighted by atomic mass is 10.1. The third kappa shape index (κ3) is 3.00.